The number of hydrogen-bond acceptors (Lipinski definition) is 5. The molecule has 2 unspecified atom stereocenters. The van der Waals surface area contributed by atoms with Crippen LogP contribution >= 0.6 is 12.4 Å². The van der Waals surface area contributed by atoms with Gasteiger partial charge in [0.25, 0.3) is 0 Å². The maximum Gasteiger partial charge on any atom is 0.230 e. The van der Waals surface area contributed by atoms with Crippen molar-refractivity contribution in [2.24, 2.45) is 5.73 Å². The minimum Gasteiger partial charge on any atom is -0.493 e. The van der Waals surface area contributed by atoms with Crippen molar-refractivity contribution in [3.05, 3.63) is 41.5 Å². The fourth-order valence-electron chi connectivity index (χ4n) is 4.04. The Balaban J connectivity index is 0.00000135. The lowest BCUT2D eigenvalue weighted by molar-refractivity contribution is 0.228. The molecule has 0 saturated heterocycles. The number of fused-ring (bicyclic) bond motifs is 2. The number of halogens is 1. The summed E-state index contributed by atoms with van der Waals surface area (Å²) in [6.45, 7) is 0.759. The van der Waals surface area contributed by atoms with Gasteiger partial charge in [0.15, 0.2) is 5.82 Å². The summed E-state index contributed by atoms with van der Waals surface area (Å²) in [6.07, 6.45) is 5.14. The second-order valence-electron chi connectivity index (χ2n) is 6.97. The smallest absolute Gasteiger partial charge is 0.230 e. The largest absolute Gasteiger partial charge is 0.493 e. The van der Waals surface area contributed by atoms with Crippen LogP contribution < -0.4 is 10.5 Å². The first kappa shape index (κ1) is 15.0. The van der Waals surface area contributed by atoms with Crippen LogP contribution in [0.5, 0.6) is 5.75 Å². The molecule has 2 aromatic rings. The molecule has 0 bridgehead atoms. The first-order valence-corrected chi connectivity index (χ1v) is 8.07. The topological polar surface area (TPSA) is 74.2 Å². The fraction of sp³-hybridized carbons (Fsp3) is 0.529. The van der Waals surface area contributed by atoms with Gasteiger partial charge in [-0.1, -0.05) is 23.4 Å². The maximum absolute atomic E-state index is 6.30. The average Bonchev–Trinajstić information content (AvgIpc) is 3.01. The Bertz CT molecular complexity index is 743. The predicted octanol–water partition coefficient (Wildman–Crippen LogP) is 3.04. The van der Waals surface area contributed by atoms with Crippen LogP contribution in [0.4, 0.5) is 0 Å². The molecule has 1 spiro atoms. The lowest BCUT2D eigenvalue weighted by Gasteiger charge is -2.34. The minimum absolute atomic E-state index is 0. The van der Waals surface area contributed by atoms with E-state index >= 15 is 0 Å². The predicted molar refractivity (Wildman–Crippen MR) is 86.9 cm³/mol. The first-order valence-electron chi connectivity index (χ1n) is 8.07. The van der Waals surface area contributed by atoms with Crippen LogP contribution in [0, 0.1) is 0 Å². The van der Waals surface area contributed by atoms with Crippen molar-refractivity contribution in [3.8, 4) is 5.75 Å². The second kappa shape index (κ2) is 4.95. The van der Waals surface area contributed by atoms with E-state index < -0.39 is 0 Å². The van der Waals surface area contributed by atoms with Gasteiger partial charge in [0.1, 0.15) is 5.75 Å². The van der Waals surface area contributed by atoms with Crippen molar-refractivity contribution >= 4 is 12.4 Å². The van der Waals surface area contributed by atoms with Gasteiger partial charge in [0, 0.05) is 16.9 Å². The quantitative estimate of drug-likeness (QED) is 0.914. The summed E-state index contributed by atoms with van der Waals surface area (Å²) in [7, 11) is 0. The van der Waals surface area contributed by atoms with E-state index in [-0.39, 0.29) is 23.4 Å². The van der Waals surface area contributed by atoms with Crippen molar-refractivity contribution in [1.29, 1.82) is 0 Å². The van der Waals surface area contributed by atoms with Crippen molar-refractivity contribution in [2.75, 3.05) is 6.61 Å². The Morgan fingerprint density at radius 2 is 2.00 bits per heavy atom. The van der Waals surface area contributed by atoms with Gasteiger partial charge in [-0.2, -0.15) is 4.98 Å². The van der Waals surface area contributed by atoms with Crippen LogP contribution in [0.25, 0.3) is 0 Å². The first-order chi connectivity index (χ1) is 10.7. The zero-order valence-electron chi connectivity index (χ0n) is 12.8. The molecular weight excluding hydrogens is 314 g/mol. The Kier molecular flexibility index (Phi) is 3.22. The lowest BCUT2D eigenvalue weighted by atomic mass is 9.77. The van der Waals surface area contributed by atoms with E-state index in [1.807, 2.05) is 12.1 Å². The van der Waals surface area contributed by atoms with Gasteiger partial charge in [-0.05, 0) is 38.2 Å². The van der Waals surface area contributed by atoms with E-state index in [1.165, 1.54) is 5.56 Å². The third kappa shape index (κ3) is 2.03. The molecule has 0 amide bonds. The summed E-state index contributed by atoms with van der Waals surface area (Å²) in [6, 6.07) is 8.32. The molecule has 1 aromatic heterocycles. The molecule has 1 aromatic carbocycles. The molecule has 1 aliphatic heterocycles. The Hall–Kier alpha value is -1.59. The van der Waals surface area contributed by atoms with E-state index in [9.17, 15) is 0 Å². The van der Waals surface area contributed by atoms with Crippen molar-refractivity contribution in [1.82, 2.24) is 10.1 Å². The van der Waals surface area contributed by atoms with Gasteiger partial charge in [-0.25, -0.2) is 0 Å². The van der Waals surface area contributed by atoms with Gasteiger partial charge in [-0.3, -0.25) is 0 Å². The summed E-state index contributed by atoms with van der Waals surface area (Å²) in [5.41, 5.74) is 7.36. The zero-order valence-corrected chi connectivity index (χ0v) is 13.6. The minimum atomic E-state index is -0.350. The molecule has 23 heavy (non-hydrogen) atoms. The Morgan fingerprint density at radius 3 is 2.78 bits per heavy atom. The highest BCUT2D eigenvalue weighted by Crippen LogP contribution is 2.65. The zero-order chi connectivity index (χ0) is 14.8. The van der Waals surface area contributed by atoms with Gasteiger partial charge in [0.2, 0.25) is 5.89 Å². The molecule has 2 heterocycles. The molecular formula is C17H20ClN3O2. The normalized spacial score (nSPS) is 29.9. The highest BCUT2D eigenvalue weighted by atomic mass is 35.5. The van der Waals surface area contributed by atoms with Crippen LogP contribution in [0.15, 0.2) is 28.8 Å². The molecule has 2 N–H and O–H groups in total. The fourth-order valence-corrected chi connectivity index (χ4v) is 4.04. The molecule has 0 radical (unpaired) electrons. The summed E-state index contributed by atoms with van der Waals surface area (Å²) in [5.74, 6) is 2.76. The van der Waals surface area contributed by atoms with Gasteiger partial charge < -0.3 is 15.0 Å². The molecule has 3 aliphatic rings. The number of nitrogens with zero attached hydrogens (tertiary/aromatic N) is 2. The highest BCUT2D eigenvalue weighted by molar-refractivity contribution is 5.85. The number of hydrogen-bond donors (Lipinski definition) is 1. The molecule has 5 nitrogen and oxygen atoms in total. The molecule has 2 aliphatic carbocycles. The summed E-state index contributed by atoms with van der Waals surface area (Å²) in [4.78, 5) is 4.64. The molecule has 2 atom stereocenters. The number of nitrogens with two attached hydrogens (primary N) is 1. The number of rotatable bonds is 2. The van der Waals surface area contributed by atoms with E-state index in [0.29, 0.717) is 11.7 Å². The van der Waals surface area contributed by atoms with Crippen molar-refractivity contribution in [2.45, 2.75) is 49.0 Å². The van der Waals surface area contributed by atoms with E-state index in [4.69, 9.17) is 15.0 Å². The van der Waals surface area contributed by atoms with E-state index in [2.05, 4.69) is 22.3 Å². The third-order valence-electron chi connectivity index (χ3n) is 5.74. The number of ether oxygens (including phenoxy) is 1. The molecule has 2 fully saturated rings. The number of aromatic nitrogens is 2. The Labute approximate surface area is 141 Å². The molecule has 122 valence electrons. The summed E-state index contributed by atoms with van der Waals surface area (Å²) < 4.78 is 11.4. The maximum atomic E-state index is 6.30. The molecule has 5 rings (SSSR count). The van der Waals surface area contributed by atoms with Crippen LogP contribution in [-0.2, 0) is 11.0 Å². The van der Waals surface area contributed by atoms with Crippen molar-refractivity contribution in [3.63, 3.8) is 0 Å². The lowest BCUT2D eigenvalue weighted by Crippen LogP contribution is -2.44. The standard InChI is InChI=1S/C17H19N3O2.ClH/c18-17(6-3-7-17)15-19-14(22-20-15)12-10-16(12)8-9-21-13-5-2-1-4-11(13)16;/h1-2,4-5,12H,3,6-10,18H2;1H. The van der Waals surface area contributed by atoms with E-state index in [1.54, 1.807) is 0 Å². The second-order valence-corrected chi connectivity index (χ2v) is 6.97. The summed E-state index contributed by atoms with van der Waals surface area (Å²) >= 11 is 0. The average molecular weight is 334 g/mol. The van der Waals surface area contributed by atoms with Gasteiger partial charge in [-0.15, -0.1) is 12.4 Å². The van der Waals surface area contributed by atoms with Crippen LogP contribution in [-0.4, -0.2) is 16.7 Å². The van der Waals surface area contributed by atoms with Crippen LogP contribution in [0.2, 0.25) is 0 Å². The van der Waals surface area contributed by atoms with Gasteiger partial charge in [0.05, 0.1) is 12.1 Å². The number of para-hydroxylation sites is 1. The van der Waals surface area contributed by atoms with Crippen molar-refractivity contribution < 1.29 is 9.26 Å². The highest BCUT2D eigenvalue weighted by Gasteiger charge is 2.61. The Morgan fingerprint density at radius 1 is 1.17 bits per heavy atom. The monoisotopic (exact) mass is 333 g/mol. The third-order valence-corrected chi connectivity index (χ3v) is 5.74. The van der Waals surface area contributed by atoms with Crippen LogP contribution in [0.3, 0.4) is 0 Å². The van der Waals surface area contributed by atoms with E-state index in [0.717, 1.165) is 50.4 Å². The summed E-state index contributed by atoms with van der Waals surface area (Å²) in [5, 5.41) is 4.16. The van der Waals surface area contributed by atoms with Gasteiger partial charge >= 0.3 is 0 Å². The number of benzene rings is 1. The molecule has 2 saturated carbocycles. The van der Waals surface area contributed by atoms with Crippen LogP contribution in [0.1, 0.15) is 55.3 Å². The molecule has 6 heteroatoms. The SMILES string of the molecule is Cl.NC1(c2noc(C3CC34CCOc3ccccc34)n2)CCC1.